The summed E-state index contributed by atoms with van der Waals surface area (Å²) in [6.45, 7) is 2.76. The van der Waals surface area contributed by atoms with Gasteiger partial charge in [0, 0.05) is 5.92 Å². The van der Waals surface area contributed by atoms with Crippen molar-refractivity contribution in [3.8, 4) is 5.75 Å². The third-order valence-corrected chi connectivity index (χ3v) is 3.77. The number of benzene rings is 2. The molecule has 22 heavy (non-hydrogen) atoms. The van der Waals surface area contributed by atoms with Crippen molar-refractivity contribution in [3.63, 3.8) is 0 Å². The Labute approximate surface area is 133 Å². The molecule has 0 aliphatic heterocycles. The van der Waals surface area contributed by atoms with Gasteiger partial charge in [-0.3, -0.25) is 0 Å². The minimum atomic E-state index is -0.860. The maximum absolute atomic E-state index is 13.4. The Kier molecular flexibility index (Phi) is 5.75. The summed E-state index contributed by atoms with van der Waals surface area (Å²) in [7, 11) is 0. The van der Waals surface area contributed by atoms with E-state index in [1.165, 1.54) is 6.07 Å². The molecule has 5 heteroatoms. The fourth-order valence-corrected chi connectivity index (χ4v) is 2.59. The van der Waals surface area contributed by atoms with Gasteiger partial charge in [0.1, 0.15) is 5.75 Å². The second-order valence-corrected chi connectivity index (χ2v) is 5.42. The average Bonchev–Trinajstić information content (AvgIpc) is 2.50. The molecule has 0 amide bonds. The van der Waals surface area contributed by atoms with E-state index in [0.717, 1.165) is 11.6 Å². The van der Waals surface area contributed by atoms with Crippen LogP contribution in [-0.4, -0.2) is 13.2 Å². The van der Waals surface area contributed by atoms with Gasteiger partial charge in [-0.25, -0.2) is 8.78 Å². The quantitative estimate of drug-likeness (QED) is 0.859. The van der Waals surface area contributed by atoms with Crippen LogP contribution in [0.25, 0.3) is 0 Å². The first-order valence-electron chi connectivity index (χ1n) is 7.11. The lowest BCUT2D eigenvalue weighted by Crippen LogP contribution is -2.15. The Hall–Kier alpha value is -1.65. The summed E-state index contributed by atoms with van der Waals surface area (Å²) in [6.07, 6.45) is 0.591. The van der Waals surface area contributed by atoms with Crippen LogP contribution in [0.15, 0.2) is 36.4 Å². The van der Waals surface area contributed by atoms with Crippen LogP contribution in [0.5, 0.6) is 5.75 Å². The van der Waals surface area contributed by atoms with Crippen LogP contribution < -0.4 is 10.5 Å². The second kappa shape index (κ2) is 7.56. The van der Waals surface area contributed by atoms with Gasteiger partial charge in [0.15, 0.2) is 11.6 Å². The van der Waals surface area contributed by atoms with Crippen LogP contribution in [0.4, 0.5) is 8.78 Å². The van der Waals surface area contributed by atoms with Crippen LogP contribution >= 0.6 is 11.6 Å². The Balaban J connectivity index is 2.19. The highest BCUT2D eigenvalue weighted by atomic mass is 35.5. The molecule has 1 unspecified atom stereocenters. The van der Waals surface area contributed by atoms with Gasteiger partial charge in [0.05, 0.1) is 11.6 Å². The lowest BCUT2D eigenvalue weighted by molar-refractivity contribution is 0.340. The van der Waals surface area contributed by atoms with Gasteiger partial charge >= 0.3 is 0 Å². The summed E-state index contributed by atoms with van der Waals surface area (Å²) in [5.41, 5.74) is 7.42. The summed E-state index contributed by atoms with van der Waals surface area (Å²) < 4.78 is 31.8. The standard InChI is InChI=1S/C17H18ClF2NO/c1-2-22-17-6-3-11(8-14(17)18)7-13(10-21)12-4-5-15(19)16(20)9-12/h3-6,8-9,13H,2,7,10,21H2,1H3. The zero-order chi connectivity index (χ0) is 16.1. The minimum absolute atomic E-state index is 0.107. The van der Waals surface area contributed by atoms with E-state index in [-0.39, 0.29) is 5.92 Å². The molecule has 0 aliphatic carbocycles. The second-order valence-electron chi connectivity index (χ2n) is 5.01. The molecule has 0 radical (unpaired) electrons. The minimum Gasteiger partial charge on any atom is -0.492 e. The lowest BCUT2D eigenvalue weighted by atomic mass is 9.92. The molecule has 0 aromatic heterocycles. The van der Waals surface area contributed by atoms with Crippen molar-refractivity contribution in [2.24, 2.45) is 5.73 Å². The fraction of sp³-hybridized carbons (Fsp3) is 0.294. The molecule has 0 heterocycles. The van der Waals surface area contributed by atoms with Crippen molar-refractivity contribution >= 4 is 11.6 Å². The molecule has 2 N–H and O–H groups in total. The van der Waals surface area contributed by atoms with Crippen molar-refractivity contribution < 1.29 is 13.5 Å². The number of hydrogen-bond acceptors (Lipinski definition) is 2. The maximum Gasteiger partial charge on any atom is 0.159 e. The highest BCUT2D eigenvalue weighted by Crippen LogP contribution is 2.28. The van der Waals surface area contributed by atoms with Crippen LogP contribution in [-0.2, 0) is 6.42 Å². The Morgan fingerprint density at radius 2 is 1.91 bits per heavy atom. The van der Waals surface area contributed by atoms with Crippen LogP contribution in [0, 0.1) is 11.6 Å². The number of rotatable bonds is 6. The van der Waals surface area contributed by atoms with Crippen molar-refractivity contribution in [1.29, 1.82) is 0 Å². The van der Waals surface area contributed by atoms with E-state index >= 15 is 0 Å². The molecular weight excluding hydrogens is 308 g/mol. The SMILES string of the molecule is CCOc1ccc(CC(CN)c2ccc(F)c(F)c2)cc1Cl. The maximum atomic E-state index is 13.4. The Bertz CT molecular complexity index is 649. The zero-order valence-corrected chi connectivity index (χ0v) is 13.0. The van der Waals surface area contributed by atoms with Gasteiger partial charge in [0.2, 0.25) is 0 Å². The van der Waals surface area contributed by atoms with Gasteiger partial charge in [-0.15, -0.1) is 0 Å². The number of nitrogens with two attached hydrogens (primary N) is 1. The molecule has 2 nitrogen and oxygen atoms in total. The number of halogens is 3. The van der Waals surface area contributed by atoms with E-state index < -0.39 is 11.6 Å². The fourth-order valence-electron chi connectivity index (χ4n) is 2.33. The van der Waals surface area contributed by atoms with E-state index in [2.05, 4.69) is 0 Å². The third kappa shape index (κ3) is 3.96. The molecule has 0 spiro atoms. The molecule has 1 atom stereocenters. The number of ether oxygens (including phenoxy) is 1. The predicted molar refractivity (Wildman–Crippen MR) is 84.5 cm³/mol. The summed E-state index contributed by atoms with van der Waals surface area (Å²) in [5.74, 6) is -1.20. The largest absolute Gasteiger partial charge is 0.492 e. The van der Waals surface area contributed by atoms with E-state index in [1.807, 2.05) is 19.1 Å². The summed E-state index contributed by atoms with van der Waals surface area (Å²) in [6, 6.07) is 9.40. The van der Waals surface area contributed by atoms with Crippen molar-refractivity contribution in [1.82, 2.24) is 0 Å². The summed E-state index contributed by atoms with van der Waals surface area (Å²) in [4.78, 5) is 0. The molecule has 0 fully saturated rings. The first-order chi connectivity index (χ1) is 10.5. The van der Waals surface area contributed by atoms with E-state index in [9.17, 15) is 8.78 Å². The van der Waals surface area contributed by atoms with Crippen LogP contribution in [0.3, 0.4) is 0 Å². The third-order valence-electron chi connectivity index (χ3n) is 3.48. The normalized spacial score (nSPS) is 12.2. The van der Waals surface area contributed by atoms with Crippen molar-refractivity contribution in [2.45, 2.75) is 19.3 Å². The van der Waals surface area contributed by atoms with Gasteiger partial charge in [0.25, 0.3) is 0 Å². The lowest BCUT2D eigenvalue weighted by Gasteiger charge is -2.16. The zero-order valence-electron chi connectivity index (χ0n) is 12.3. The molecule has 2 aromatic carbocycles. The van der Waals surface area contributed by atoms with Crippen molar-refractivity contribution in [2.75, 3.05) is 13.2 Å². The predicted octanol–water partition coefficient (Wildman–Crippen LogP) is 4.30. The molecule has 118 valence electrons. The van der Waals surface area contributed by atoms with Gasteiger partial charge in [-0.2, -0.15) is 0 Å². The summed E-state index contributed by atoms with van der Waals surface area (Å²) in [5, 5.41) is 0.528. The number of hydrogen-bond donors (Lipinski definition) is 1. The molecule has 0 saturated heterocycles. The average molecular weight is 326 g/mol. The first kappa shape index (κ1) is 16.7. The molecular formula is C17H18ClF2NO. The Morgan fingerprint density at radius 1 is 1.14 bits per heavy atom. The highest BCUT2D eigenvalue weighted by molar-refractivity contribution is 6.32. The van der Waals surface area contributed by atoms with Gasteiger partial charge < -0.3 is 10.5 Å². The molecule has 0 bridgehead atoms. The van der Waals surface area contributed by atoms with Crippen LogP contribution in [0.1, 0.15) is 24.0 Å². The van der Waals surface area contributed by atoms with Gasteiger partial charge in [-0.1, -0.05) is 23.7 Å². The van der Waals surface area contributed by atoms with E-state index in [0.29, 0.717) is 35.9 Å². The summed E-state index contributed by atoms with van der Waals surface area (Å²) >= 11 is 6.16. The van der Waals surface area contributed by atoms with Crippen molar-refractivity contribution in [3.05, 3.63) is 64.2 Å². The van der Waals surface area contributed by atoms with E-state index in [1.54, 1.807) is 12.1 Å². The first-order valence-corrected chi connectivity index (χ1v) is 7.49. The Morgan fingerprint density at radius 3 is 2.50 bits per heavy atom. The topological polar surface area (TPSA) is 35.2 Å². The molecule has 0 saturated carbocycles. The van der Waals surface area contributed by atoms with E-state index in [4.69, 9.17) is 22.1 Å². The molecule has 2 rings (SSSR count). The van der Waals surface area contributed by atoms with Gasteiger partial charge in [-0.05, 0) is 55.3 Å². The molecule has 0 aliphatic rings. The van der Waals surface area contributed by atoms with Crippen LogP contribution in [0.2, 0.25) is 5.02 Å². The monoisotopic (exact) mass is 325 g/mol. The molecule has 2 aromatic rings. The highest BCUT2D eigenvalue weighted by Gasteiger charge is 2.14. The smallest absolute Gasteiger partial charge is 0.159 e.